The van der Waals surface area contributed by atoms with Crippen LogP contribution >= 0.6 is 11.3 Å². The number of thiophene rings is 1. The fourth-order valence-electron chi connectivity index (χ4n) is 4.20. The van der Waals surface area contributed by atoms with E-state index in [9.17, 15) is 14.4 Å². The Balaban J connectivity index is 1.58. The Labute approximate surface area is 196 Å². The van der Waals surface area contributed by atoms with Crippen LogP contribution in [0.5, 0.6) is 5.75 Å². The van der Waals surface area contributed by atoms with Crippen molar-refractivity contribution in [2.45, 2.75) is 32.4 Å². The van der Waals surface area contributed by atoms with Crippen LogP contribution in [0, 0.1) is 0 Å². The third kappa shape index (κ3) is 4.85. The Kier molecular flexibility index (Phi) is 6.93. The van der Waals surface area contributed by atoms with Gasteiger partial charge in [-0.25, -0.2) is 0 Å². The van der Waals surface area contributed by atoms with Crippen molar-refractivity contribution in [2.75, 3.05) is 20.2 Å². The smallest absolute Gasteiger partial charge is 0.257 e. The molecule has 0 saturated heterocycles. The van der Waals surface area contributed by atoms with E-state index < -0.39 is 0 Å². The van der Waals surface area contributed by atoms with E-state index in [1.807, 2.05) is 54.1 Å². The molecular weight excluding hydrogens is 438 g/mol. The van der Waals surface area contributed by atoms with Crippen LogP contribution in [0.3, 0.4) is 0 Å². The zero-order valence-electron chi connectivity index (χ0n) is 18.7. The Bertz CT molecular complexity index is 1190. The molecule has 0 unspecified atom stereocenters. The second-order valence-corrected chi connectivity index (χ2v) is 8.83. The lowest BCUT2D eigenvalue weighted by molar-refractivity contribution is -0.132. The normalized spacial score (nSPS) is 14.2. The summed E-state index contributed by atoms with van der Waals surface area (Å²) in [5.41, 5.74) is 2.69. The number of amides is 2. The number of nitrogens with zero attached hydrogens (tertiary/aromatic N) is 2. The topological polar surface area (TPSA) is 80.6 Å². The van der Waals surface area contributed by atoms with Crippen LogP contribution < -0.4 is 15.6 Å². The van der Waals surface area contributed by atoms with Crippen molar-refractivity contribution in [3.8, 4) is 5.75 Å². The first kappa shape index (κ1) is 22.8. The van der Waals surface area contributed by atoms with E-state index in [-0.39, 0.29) is 29.0 Å². The third-order valence-electron chi connectivity index (χ3n) is 6.06. The predicted molar refractivity (Wildman–Crippen MR) is 128 cm³/mol. The Morgan fingerprint density at radius 1 is 1.15 bits per heavy atom. The van der Waals surface area contributed by atoms with Crippen LogP contribution in [0.15, 0.2) is 58.0 Å². The molecule has 4 rings (SSSR count). The van der Waals surface area contributed by atoms with Crippen LogP contribution in [-0.4, -0.2) is 41.5 Å². The number of carbonyl (C=O) groups is 2. The lowest BCUT2D eigenvalue weighted by Crippen LogP contribution is -2.36. The molecule has 2 aromatic heterocycles. The molecule has 0 spiro atoms. The van der Waals surface area contributed by atoms with Gasteiger partial charge in [0.25, 0.3) is 11.5 Å². The molecule has 0 bridgehead atoms. The highest BCUT2D eigenvalue weighted by atomic mass is 32.1. The highest BCUT2D eigenvalue weighted by molar-refractivity contribution is 7.07. The quantitative estimate of drug-likeness (QED) is 0.607. The van der Waals surface area contributed by atoms with E-state index in [1.165, 1.54) is 13.2 Å². The molecule has 8 heteroatoms. The van der Waals surface area contributed by atoms with Crippen molar-refractivity contribution in [3.05, 3.63) is 86.0 Å². The molecule has 1 N–H and O–H groups in total. The first-order chi connectivity index (χ1) is 16.0. The molecule has 1 aliphatic heterocycles. The minimum absolute atomic E-state index is 0.0116. The van der Waals surface area contributed by atoms with Gasteiger partial charge in [-0.05, 0) is 34.9 Å². The standard InChI is InChI=1S/C25H27N3O4S/c1-17(19-6-4-3-5-7-19)25(31)27-10-8-20-23(24(30)26-15-18-9-13-33-16-18)21(32-2)14-22(29)28(20)12-11-27/h3-7,9,13-14,16-17H,8,10-12,15H2,1-2H3,(H,26,30)/t17-/m1/s1. The molecule has 3 heterocycles. The monoisotopic (exact) mass is 465 g/mol. The minimum atomic E-state index is -0.292. The fraction of sp³-hybridized carbons (Fsp3) is 0.320. The van der Waals surface area contributed by atoms with Gasteiger partial charge in [-0.15, -0.1) is 0 Å². The number of pyridine rings is 1. The van der Waals surface area contributed by atoms with Crippen molar-refractivity contribution in [2.24, 2.45) is 0 Å². The SMILES string of the molecule is COc1cc(=O)n2c(c1C(=O)NCc1ccsc1)CCN(C(=O)[C@H](C)c1ccccc1)CC2. The van der Waals surface area contributed by atoms with Crippen molar-refractivity contribution >= 4 is 23.2 Å². The second-order valence-electron chi connectivity index (χ2n) is 8.05. The average Bonchev–Trinajstić information content (AvgIpc) is 3.26. The zero-order chi connectivity index (χ0) is 23.4. The summed E-state index contributed by atoms with van der Waals surface area (Å²) in [7, 11) is 1.45. The van der Waals surface area contributed by atoms with Gasteiger partial charge >= 0.3 is 0 Å². The zero-order valence-corrected chi connectivity index (χ0v) is 19.6. The summed E-state index contributed by atoms with van der Waals surface area (Å²) >= 11 is 1.57. The van der Waals surface area contributed by atoms with E-state index in [2.05, 4.69) is 5.32 Å². The Morgan fingerprint density at radius 2 is 1.94 bits per heavy atom. The van der Waals surface area contributed by atoms with Crippen LogP contribution in [0.2, 0.25) is 0 Å². The predicted octanol–water partition coefficient (Wildman–Crippen LogP) is 3.04. The average molecular weight is 466 g/mol. The molecule has 33 heavy (non-hydrogen) atoms. The molecule has 1 atom stereocenters. The molecule has 7 nitrogen and oxygen atoms in total. The number of hydrogen-bond donors (Lipinski definition) is 1. The van der Waals surface area contributed by atoms with Crippen LogP contribution in [0.4, 0.5) is 0 Å². The lowest BCUT2D eigenvalue weighted by atomic mass is 9.99. The number of rotatable bonds is 6. The number of carbonyl (C=O) groups excluding carboxylic acids is 2. The van der Waals surface area contributed by atoms with Crippen LogP contribution in [0.1, 0.15) is 40.0 Å². The van der Waals surface area contributed by atoms with Crippen molar-refractivity contribution in [1.29, 1.82) is 0 Å². The van der Waals surface area contributed by atoms with Crippen molar-refractivity contribution in [3.63, 3.8) is 0 Å². The largest absolute Gasteiger partial charge is 0.496 e. The van der Waals surface area contributed by atoms with Gasteiger partial charge < -0.3 is 19.5 Å². The molecule has 2 amide bonds. The number of benzene rings is 1. The van der Waals surface area contributed by atoms with Crippen LogP contribution in [0.25, 0.3) is 0 Å². The maximum Gasteiger partial charge on any atom is 0.257 e. The summed E-state index contributed by atoms with van der Waals surface area (Å²) in [4.78, 5) is 40.9. The number of methoxy groups -OCH3 is 1. The number of nitrogens with one attached hydrogen (secondary N) is 1. The van der Waals surface area contributed by atoms with E-state index in [1.54, 1.807) is 20.8 Å². The first-order valence-electron chi connectivity index (χ1n) is 10.9. The Hall–Kier alpha value is -3.39. The first-order valence-corrected chi connectivity index (χ1v) is 11.9. The second kappa shape index (κ2) is 10.0. The van der Waals surface area contributed by atoms with Crippen molar-refractivity contribution in [1.82, 2.24) is 14.8 Å². The third-order valence-corrected chi connectivity index (χ3v) is 6.79. The number of hydrogen-bond acceptors (Lipinski definition) is 5. The highest BCUT2D eigenvalue weighted by Crippen LogP contribution is 2.24. The van der Waals surface area contributed by atoms with Crippen molar-refractivity contribution < 1.29 is 14.3 Å². The molecule has 0 radical (unpaired) electrons. The van der Waals surface area contributed by atoms with Gasteiger partial charge in [-0.1, -0.05) is 30.3 Å². The maximum atomic E-state index is 13.2. The molecule has 0 fully saturated rings. The van der Waals surface area contributed by atoms with E-state index >= 15 is 0 Å². The molecule has 0 aliphatic carbocycles. The molecule has 1 aromatic carbocycles. The maximum absolute atomic E-state index is 13.2. The summed E-state index contributed by atoms with van der Waals surface area (Å²) in [6, 6.07) is 13.0. The van der Waals surface area contributed by atoms with E-state index in [0.29, 0.717) is 43.9 Å². The summed E-state index contributed by atoms with van der Waals surface area (Å²) in [5.74, 6) is -0.310. The van der Waals surface area contributed by atoms with Gasteiger partial charge in [-0.3, -0.25) is 14.4 Å². The number of fused-ring (bicyclic) bond motifs is 1. The van der Waals surface area contributed by atoms with Gasteiger partial charge in [0, 0.05) is 44.4 Å². The van der Waals surface area contributed by atoms with E-state index in [0.717, 1.165) is 11.1 Å². The van der Waals surface area contributed by atoms with Gasteiger partial charge in [-0.2, -0.15) is 11.3 Å². The lowest BCUT2D eigenvalue weighted by Gasteiger charge is -2.24. The molecular formula is C25H27N3O4S. The summed E-state index contributed by atoms with van der Waals surface area (Å²) in [6.07, 6.45) is 0.390. The van der Waals surface area contributed by atoms with Gasteiger partial charge in [0.15, 0.2) is 0 Å². The van der Waals surface area contributed by atoms with Gasteiger partial charge in [0.05, 0.1) is 13.0 Å². The summed E-state index contributed by atoms with van der Waals surface area (Å²) in [6.45, 7) is 3.45. The highest BCUT2D eigenvalue weighted by Gasteiger charge is 2.28. The van der Waals surface area contributed by atoms with Gasteiger partial charge in [0.2, 0.25) is 5.91 Å². The number of aromatic nitrogens is 1. The number of ether oxygens (including phenoxy) is 1. The van der Waals surface area contributed by atoms with Crippen LogP contribution in [-0.2, 0) is 24.3 Å². The molecule has 172 valence electrons. The molecule has 0 saturated carbocycles. The summed E-state index contributed by atoms with van der Waals surface area (Å²) in [5, 5.41) is 6.87. The minimum Gasteiger partial charge on any atom is -0.496 e. The van der Waals surface area contributed by atoms with E-state index in [4.69, 9.17) is 4.74 Å². The molecule has 1 aliphatic rings. The summed E-state index contributed by atoms with van der Waals surface area (Å²) < 4.78 is 7.01. The fourth-order valence-corrected chi connectivity index (χ4v) is 4.87. The van der Waals surface area contributed by atoms with Gasteiger partial charge in [0.1, 0.15) is 11.3 Å². The Morgan fingerprint density at radius 3 is 2.64 bits per heavy atom. The molecule has 3 aromatic rings.